The van der Waals surface area contributed by atoms with Gasteiger partial charge in [0.15, 0.2) is 0 Å². The molecule has 0 spiro atoms. The highest BCUT2D eigenvalue weighted by Crippen LogP contribution is 2.30. The van der Waals surface area contributed by atoms with Crippen LogP contribution in [0, 0.1) is 0 Å². The number of fused-ring (bicyclic) bond motifs is 1. The average Bonchev–Trinajstić information content (AvgIpc) is 2.39. The molecule has 18 heavy (non-hydrogen) atoms. The molecule has 1 aromatic rings. The summed E-state index contributed by atoms with van der Waals surface area (Å²) >= 11 is 0. The Hall–Kier alpha value is -1.65. The summed E-state index contributed by atoms with van der Waals surface area (Å²) in [5.41, 5.74) is 8.67. The molecule has 2 unspecified atom stereocenters. The molecule has 2 N–H and O–H groups in total. The first-order valence-corrected chi connectivity index (χ1v) is 5.96. The van der Waals surface area contributed by atoms with Crippen molar-refractivity contribution in [3.63, 3.8) is 0 Å². The van der Waals surface area contributed by atoms with Gasteiger partial charge in [0.05, 0.1) is 13.2 Å². The van der Waals surface area contributed by atoms with Crippen LogP contribution in [0.2, 0.25) is 0 Å². The zero-order valence-corrected chi connectivity index (χ0v) is 10.4. The van der Waals surface area contributed by atoms with Crippen molar-refractivity contribution < 1.29 is 14.3 Å². The average molecular weight is 247 g/mol. The van der Waals surface area contributed by atoms with Crippen LogP contribution in [-0.4, -0.2) is 24.7 Å². The van der Waals surface area contributed by atoms with Gasteiger partial charge in [0, 0.05) is 0 Å². The van der Waals surface area contributed by atoms with Crippen molar-refractivity contribution in [2.45, 2.75) is 25.7 Å². The van der Waals surface area contributed by atoms with Gasteiger partial charge in [0.25, 0.3) is 0 Å². The van der Waals surface area contributed by atoms with Gasteiger partial charge in [-0.3, -0.25) is 4.79 Å². The van der Waals surface area contributed by atoms with Crippen LogP contribution in [0.5, 0.6) is 0 Å². The molecule has 4 heteroatoms. The first-order chi connectivity index (χ1) is 8.65. The number of carbonyl (C=O) groups excluding carboxylic acids is 1. The van der Waals surface area contributed by atoms with Crippen LogP contribution in [0.4, 0.5) is 0 Å². The summed E-state index contributed by atoms with van der Waals surface area (Å²) in [4.78, 5) is 11.6. The van der Waals surface area contributed by atoms with Gasteiger partial charge in [-0.05, 0) is 23.6 Å². The van der Waals surface area contributed by atoms with Crippen LogP contribution in [0.3, 0.4) is 0 Å². The fourth-order valence-corrected chi connectivity index (χ4v) is 2.08. The molecule has 2 atom stereocenters. The SMILES string of the molecule is C=C1c2ccccc2COC1C(N)C(=O)OCC. The second-order valence-electron chi connectivity index (χ2n) is 4.19. The Morgan fingerprint density at radius 1 is 1.61 bits per heavy atom. The Labute approximate surface area is 106 Å². The fourth-order valence-electron chi connectivity index (χ4n) is 2.08. The van der Waals surface area contributed by atoms with Gasteiger partial charge in [-0.2, -0.15) is 0 Å². The monoisotopic (exact) mass is 247 g/mol. The Kier molecular flexibility index (Phi) is 3.79. The highest BCUT2D eigenvalue weighted by atomic mass is 16.5. The van der Waals surface area contributed by atoms with Crippen molar-refractivity contribution in [2.75, 3.05) is 6.61 Å². The zero-order chi connectivity index (χ0) is 13.1. The van der Waals surface area contributed by atoms with Crippen LogP contribution in [0.15, 0.2) is 30.8 Å². The molecule has 1 aromatic carbocycles. The third kappa shape index (κ3) is 2.30. The van der Waals surface area contributed by atoms with E-state index in [2.05, 4.69) is 6.58 Å². The van der Waals surface area contributed by atoms with Gasteiger partial charge in [0.1, 0.15) is 12.1 Å². The van der Waals surface area contributed by atoms with E-state index in [9.17, 15) is 4.79 Å². The Bertz CT molecular complexity index is 470. The van der Waals surface area contributed by atoms with Gasteiger partial charge in [-0.15, -0.1) is 0 Å². The number of hydrogen-bond acceptors (Lipinski definition) is 4. The number of hydrogen-bond donors (Lipinski definition) is 1. The topological polar surface area (TPSA) is 61.5 Å². The summed E-state index contributed by atoms with van der Waals surface area (Å²) in [5, 5.41) is 0. The number of ether oxygens (including phenoxy) is 2. The molecule has 4 nitrogen and oxygen atoms in total. The second kappa shape index (κ2) is 5.33. The van der Waals surface area contributed by atoms with Gasteiger partial charge in [-0.25, -0.2) is 0 Å². The van der Waals surface area contributed by atoms with Crippen molar-refractivity contribution in [1.82, 2.24) is 0 Å². The maximum Gasteiger partial charge on any atom is 0.325 e. The van der Waals surface area contributed by atoms with Gasteiger partial charge in [0.2, 0.25) is 0 Å². The van der Waals surface area contributed by atoms with E-state index < -0.39 is 18.1 Å². The van der Waals surface area contributed by atoms with Crippen LogP contribution in [-0.2, 0) is 20.9 Å². The minimum absolute atomic E-state index is 0.308. The highest BCUT2D eigenvalue weighted by molar-refractivity contribution is 5.82. The predicted molar refractivity (Wildman–Crippen MR) is 68.7 cm³/mol. The number of nitrogens with two attached hydrogens (primary N) is 1. The van der Waals surface area contributed by atoms with Gasteiger partial charge in [-0.1, -0.05) is 30.8 Å². The molecular formula is C14H17NO3. The van der Waals surface area contributed by atoms with Gasteiger partial charge >= 0.3 is 5.97 Å². The molecule has 0 bridgehead atoms. The van der Waals surface area contributed by atoms with E-state index in [4.69, 9.17) is 15.2 Å². The number of rotatable bonds is 3. The lowest BCUT2D eigenvalue weighted by atomic mass is 9.91. The molecule has 2 rings (SSSR count). The summed E-state index contributed by atoms with van der Waals surface area (Å²) in [7, 11) is 0. The van der Waals surface area contributed by atoms with Crippen LogP contribution in [0.25, 0.3) is 5.57 Å². The molecule has 1 aliphatic heterocycles. The minimum atomic E-state index is -0.828. The van der Waals surface area contributed by atoms with Crippen molar-refractivity contribution in [2.24, 2.45) is 5.73 Å². The predicted octanol–water partition coefficient (Wildman–Crippen LogP) is 1.49. The summed E-state index contributed by atoms with van der Waals surface area (Å²) in [6.45, 7) is 6.48. The summed E-state index contributed by atoms with van der Waals surface area (Å²) in [5.74, 6) is -0.456. The lowest BCUT2D eigenvalue weighted by Gasteiger charge is -2.30. The lowest BCUT2D eigenvalue weighted by Crippen LogP contribution is -2.46. The number of esters is 1. The zero-order valence-electron chi connectivity index (χ0n) is 10.4. The quantitative estimate of drug-likeness (QED) is 0.822. The molecule has 0 saturated carbocycles. The molecule has 0 aromatic heterocycles. The molecule has 96 valence electrons. The van der Waals surface area contributed by atoms with Crippen molar-refractivity contribution >= 4 is 11.5 Å². The summed E-state index contributed by atoms with van der Waals surface area (Å²) in [6, 6.07) is 6.99. The van der Waals surface area contributed by atoms with Crippen molar-refractivity contribution in [3.05, 3.63) is 42.0 Å². The Balaban J connectivity index is 2.19. The molecule has 0 fully saturated rings. The Morgan fingerprint density at radius 2 is 2.33 bits per heavy atom. The molecule has 0 radical (unpaired) electrons. The second-order valence-corrected chi connectivity index (χ2v) is 4.19. The van der Waals surface area contributed by atoms with E-state index in [0.29, 0.717) is 13.2 Å². The first kappa shape index (κ1) is 12.8. The molecule has 0 saturated heterocycles. The highest BCUT2D eigenvalue weighted by Gasteiger charge is 2.33. The van der Waals surface area contributed by atoms with E-state index in [1.807, 2.05) is 24.3 Å². The first-order valence-electron chi connectivity index (χ1n) is 5.96. The molecule has 0 amide bonds. The molecule has 1 heterocycles. The minimum Gasteiger partial charge on any atom is -0.465 e. The van der Waals surface area contributed by atoms with E-state index in [1.165, 1.54) is 0 Å². The maximum atomic E-state index is 11.6. The normalized spacial score (nSPS) is 20.1. The third-order valence-corrected chi connectivity index (χ3v) is 3.01. The largest absolute Gasteiger partial charge is 0.465 e. The smallest absolute Gasteiger partial charge is 0.325 e. The number of carbonyl (C=O) groups is 1. The third-order valence-electron chi connectivity index (χ3n) is 3.01. The summed E-state index contributed by atoms with van der Waals surface area (Å²) < 4.78 is 10.5. The van der Waals surface area contributed by atoms with Crippen LogP contribution in [0.1, 0.15) is 18.1 Å². The number of benzene rings is 1. The van der Waals surface area contributed by atoms with Gasteiger partial charge < -0.3 is 15.2 Å². The van der Waals surface area contributed by atoms with Crippen LogP contribution >= 0.6 is 0 Å². The van der Waals surface area contributed by atoms with E-state index in [1.54, 1.807) is 6.92 Å². The van der Waals surface area contributed by atoms with Crippen molar-refractivity contribution in [3.8, 4) is 0 Å². The lowest BCUT2D eigenvalue weighted by molar-refractivity contribution is -0.147. The molecule has 1 aliphatic rings. The van der Waals surface area contributed by atoms with E-state index in [-0.39, 0.29) is 0 Å². The molecular weight excluding hydrogens is 230 g/mol. The fraction of sp³-hybridized carbons (Fsp3) is 0.357. The Morgan fingerprint density at radius 3 is 3.06 bits per heavy atom. The van der Waals surface area contributed by atoms with Crippen molar-refractivity contribution in [1.29, 1.82) is 0 Å². The van der Waals surface area contributed by atoms with Crippen LogP contribution < -0.4 is 5.73 Å². The standard InChI is InChI=1S/C14H17NO3/c1-3-17-14(16)12(15)13-9(2)11-7-5-4-6-10(11)8-18-13/h4-7,12-13H,2-3,8,15H2,1H3. The van der Waals surface area contributed by atoms with E-state index >= 15 is 0 Å². The van der Waals surface area contributed by atoms with E-state index in [0.717, 1.165) is 16.7 Å². The maximum absolute atomic E-state index is 11.6. The molecule has 0 aliphatic carbocycles. The summed E-state index contributed by atoms with van der Waals surface area (Å²) in [6.07, 6.45) is -0.515.